The van der Waals surface area contributed by atoms with Gasteiger partial charge in [0, 0.05) is 12.1 Å². The van der Waals surface area contributed by atoms with Gasteiger partial charge in [0.05, 0.1) is 33.5 Å². The Morgan fingerprint density at radius 1 is 1.16 bits per heavy atom. The standard InChI is InChI=1S/C29H38N2O6/c1-19-23(17-24(35-3)25(22-11-12-22)26(19)36-4)20(2)31(15-16-37-18-21-9-6-5-7-10-21)28(34)30-29(27(32)33)13-8-14-29/h5-7,9-10,17,20,22H,8,11-16,18H2,1-4H3,(H,30,34)(H,32,33). The van der Waals surface area contributed by atoms with Crippen LogP contribution in [0.1, 0.15) is 73.2 Å². The monoisotopic (exact) mass is 510 g/mol. The Morgan fingerprint density at radius 2 is 1.86 bits per heavy atom. The number of nitrogens with one attached hydrogen (secondary N) is 1. The van der Waals surface area contributed by atoms with Crippen LogP contribution in [0.25, 0.3) is 0 Å². The average Bonchev–Trinajstić information content (AvgIpc) is 3.71. The van der Waals surface area contributed by atoms with Gasteiger partial charge in [-0.05, 0) is 74.6 Å². The van der Waals surface area contributed by atoms with Gasteiger partial charge < -0.3 is 29.5 Å². The summed E-state index contributed by atoms with van der Waals surface area (Å²) in [5, 5.41) is 12.6. The van der Waals surface area contributed by atoms with Crippen molar-refractivity contribution in [1.82, 2.24) is 10.2 Å². The molecule has 0 radical (unpaired) electrons. The number of amides is 2. The number of urea groups is 1. The number of methoxy groups -OCH3 is 2. The number of rotatable bonds is 12. The Balaban J connectivity index is 1.59. The molecule has 2 amide bonds. The van der Waals surface area contributed by atoms with Gasteiger partial charge in [0.2, 0.25) is 0 Å². The zero-order chi connectivity index (χ0) is 26.6. The highest BCUT2D eigenvalue weighted by molar-refractivity contribution is 5.87. The molecule has 0 saturated heterocycles. The molecule has 8 nitrogen and oxygen atoms in total. The SMILES string of the molecule is COc1cc(C(C)N(CCOCc2ccccc2)C(=O)NC2(C(=O)O)CCC2)c(C)c(OC)c1C1CC1. The molecule has 2 aliphatic rings. The van der Waals surface area contributed by atoms with Gasteiger partial charge in [-0.25, -0.2) is 9.59 Å². The maximum absolute atomic E-state index is 13.6. The topological polar surface area (TPSA) is 97.3 Å². The number of carboxylic acid groups (broad SMARTS) is 1. The molecular weight excluding hydrogens is 472 g/mol. The molecule has 2 saturated carbocycles. The van der Waals surface area contributed by atoms with E-state index in [0.717, 1.165) is 53.0 Å². The van der Waals surface area contributed by atoms with Crippen molar-refractivity contribution in [2.24, 2.45) is 0 Å². The highest BCUT2D eigenvalue weighted by atomic mass is 16.5. The zero-order valence-corrected chi connectivity index (χ0v) is 22.2. The molecule has 200 valence electrons. The van der Waals surface area contributed by atoms with Crippen molar-refractivity contribution in [3.05, 3.63) is 58.7 Å². The highest BCUT2D eigenvalue weighted by Gasteiger charge is 2.47. The van der Waals surface area contributed by atoms with E-state index in [4.69, 9.17) is 14.2 Å². The summed E-state index contributed by atoms with van der Waals surface area (Å²) in [5.41, 5.74) is 2.78. The lowest BCUT2D eigenvalue weighted by Gasteiger charge is -2.41. The van der Waals surface area contributed by atoms with Gasteiger partial charge >= 0.3 is 12.0 Å². The minimum atomic E-state index is -1.21. The van der Waals surface area contributed by atoms with Crippen LogP contribution in [0, 0.1) is 6.92 Å². The first kappa shape index (κ1) is 26.8. The predicted molar refractivity (Wildman–Crippen MR) is 140 cm³/mol. The van der Waals surface area contributed by atoms with E-state index in [1.165, 1.54) is 0 Å². The summed E-state index contributed by atoms with van der Waals surface area (Å²) < 4.78 is 17.5. The number of aliphatic carboxylic acids is 1. The van der Waals surface area contributed by atoms with E-state index in [-0.39, 0.29) is 6.04 Å². The van der Waals surface area contributed by atoms with E-state index in [2.05, 4.69) is 5.32 Å². The second-order valence-electron chi connectivity index (χ2n) is 10.1. The number of hydrogen-bond acceptors (Lipinski definition) is 5. The van der Waals surface area contributed by atoms with Crippen molar-refractivity contribution in [2.45, 2.75) is 70.1 Å². The van der Waals surface area contributed by atoms with Crippen LogP contribution in [0.4, 0.5) is 4.79 Å². The number of carboxylic acids is 1. The van der Waals surface area contributed by atoms with Crippen LogP contribution in [0.2, 0.25) is 0 Å². The van der Waals surface area contributed by atoms with Crippen LogP contribution in [-0.2, 0) is 16.1 Å². The molecular formula is C29H38N2O6. The predicted octanol–water partition coefficient (Wildman–Crippen LogP) is 5.19. The number of nitrogens with zero attached hydrogens (tertiary/aromatic N) is 1. The maximum atomic E-state index is 13.6. The minimum absolute atomic E-state index is 0.296. The fraction of sp³-hybridized carbons (Fsp3) is 0.517. The fourth-order valence-corrected chi connectivity index (χ4v) is 5.16. The van der Waals surface area contributed by atoms with E-state index >= 15 is 0 Å². The van der Waals surface area contributed by atoms with E-state index in [1.54, 1.807) is 19.1 Å². The van der Waals surface area contributed by atoms with Crippen molar-refractivity contribution >= 4 is 12.0 Å². The van der Waals surface area contributed by atoms with E-state index in [1.807, 2.05) is 50.2 Å². The quantitative estimate of drug-likeness (QED) is 0.382. The molecule has 0 aliphatic heterocycles. The molecule has 2 N–H and O–H groups in total. The van der Waals surface area contributed by atoms with E-state index in [9.17, 15) is 14.7 Å². The third kappa shape index (κ3) is 5.69. The molecule has 0 aromatic heterocycles. The summed E-state index contributed by atoms with van der Waals surface area (Å²) in [4.78, 5) is 27.2. The number of carbonyl (C=O) groups excluding carboxylic acids is 1. The third-order valence-corrected chi connectivity index (χ3v) is 7.71. The van der Waals surface area contributed by atoms with Crippen molar-refractivity contribution in [3.8, 4) is 11.5 Å². The highest BCUT2D eigenvalue weighted by Crippen LogP contribution is 2.51. The molecule has 0 heterocycles. The molecule has 1 atom stereocenters. The molecule has 2 aromatic rings. The second-order valence-corrected chi connectivity index (χ2v) is 10.1. The molecule has 2 aromatic carbocycles. The van der Waals surface area contributed by atoms with Crippen molar-refractivity contribution in [2.75, 3.05) is 27.4 Å². The van der Waals surface area contributed by atoms with Crippen LogP contribution < -0.4 is 14.8 Å². The van der Waals surface area contributed by atoms with Gasteiger partial charge in [-0.2, -0.15) is 0 Å². The Morgan fingerprint density at radius 3 is 2.41 bits per heavy atom. The molecule has 0 spiro atoms. The van der Waals surface area contributed by atoms with E-state index < -0.39 is 17.5 Å². The third-order valence-electron chi connectivity index (χ3n) is 7.71. The number of hydrogen-bond donors (Lipinski definition) is 2. The Labute approximate surface area is 218 Å². The molecule has 4 rings (SSSR count). The first-order chi connectivity index (χ1) is 17.8. The van der Waals surface area contributed by atoms with E-state index in [0.29, 0.717) is 38.5 Å². The van der Waals surface area contributed by atoms with Crippen LogP contribution in [-0.4, -0.2) is 54.9 Å². The lowest BCUT2D eigenvalue weighted by molar-refractivity contribution is -0.148. The maximum Gasteiger partial charge on any atom is 0.329 e. The first-order valence-electron chi connectivity index (χ1n) is 13.0. The minimum Gasteiger partial charge on any atom is -0.496 e. The first-order valence-corrected chi connectivity index (χ1v) is 13.0. The normalized spacial score (nSPS) is 16.9. The molecule has 8 heteroatoms. The summed E-state index contributed by atoms with van der Waals surface area (Å²) in [5.74, 6) is 0.986. The van der Waals surface area contributed by atoms with Gasteiger partial charge in [-0.1, -0.05) is 30.3 Å². The molecule has 0 bridgehead atoms. The Kier molecular flexibility index (Phi) is 8.27. The summed E-state index contributed by atoms with van der Waals surface area (Å²) in [6, 6.07) is 11.1. The van der Waals surface area contributed by atoms with Crippen LogP contribution in [0.15, 0.2) is 36.4 Å². The largest absolute Gasteiger partial charge is 0.496 e. The smallest absolute Gasteiger partial charge is 0.329 e. The molecule has 37 heavy (non-hydrogen) atoms. The number of ether oxygens (including phenoxy) is 3. The van der Waals surface area contributed by atoms with Gasteiger partial charge in [-0.15, -0.1) is 0 Å². The summed E-state index contributed by atoms with van der Waals surface area (Å²) >= 11 is 0. The summed E-state index contributed by atoms with van der Waals surface area (Å²) in [7, 11) is 3.32. The van der Waals surface area contributed by atoms with Gasteiger partial charge in [0.15, 0.2) is 0 Å². The molecule has 2 aliphatic carbocycles. The molecule has 2 fully saturated rings. The molecule has 1 unspecified atom stereocenters. The van der Waals surface area contributed by atoms with Crippen molar-refractivity contribution in [3.63, 3.8) is 0 Å². The van der Waals surface area contributed by atoms with Gasteiger partial charge in [-0.3, -0.25) is 0 Å². The fourth-order valence-electron chi connectivity index (χ4n) is 5.16. The summed E-state index contributed by atoms with van der Waals surface area (Å²) in [6.07, 6.45) is 3.84. The lowest BCUT2D eigenvalue weighted by atomic mass is 9.77. The Bertz CT molecular complexity index is 1110. The average molecular weight is 511 g/mol. The zero-order valence-electron chi connectivity index (χ0n) is 22.2. The Hall–Kier alpha value is -3.26. The van der Waals surface area contributed by atoms with Crippen LogP contribution in [0.5, 0.6) is 11.5 Å². The summed E-state index contributed by atoms with van der Waals surface area (Å²) in [6.45, 7) is 4.98. The second kappa shape index (κ2) is 11.4. The number of carbonyl (C=O) groups is 2. The van der Waals surface area contributed by atoms with Crippen molar-refractivity contribution < 1.29 is 28.9 Å². The van der Waals surface area contributed by atoms with Gasteiger partial charge in [0.25, 0.3) is 0 Å². The number of benzene rings is 2. The van der Waals surface area contributed by atoms with Gasteiger partial charge in [0.1, 0.15) is 17.0 Å². The van der Waals surface area contributed by atoms with Crippen molar-refractivity contribution in [1.29, 1.82) is 0 Å². The lowest BCUT2D eigenvalue weighted by Crippen LogP contribution is -2.62. The van der Waals surface area contributed by atoms with Crippen LogP contribution in [0.3, 0.4) is 0 Å². The van der Waals surface area contributed by atoms with Crippen LogP contribution >= 0.6 is 0 Å².